The van der Waals surface area contributed by atoms with Crippen LogP contribution < -0.4 is 5.32 Å². The van der Waals surface area contributed by atoms with E-state index in [2.05, 4.69) is 11.4 Å². The number of rotatable bonds is 4. The molecule has 4 bridgehead atoms. The minimum Gasteiger partial charge on any atom is -0.458 e. The van der Waals surface area contributed by atoms with Crippen LogP contribution in [0.25, 0.3) is 10.6 Å². The third kappa shape index (κ3) is 2.43. The van der Waals surface area contributed by atoms with E-state index in [0.29, 0.717) is 6.54 Å². The van der Waals surface area contributed by atoms with Crippen LogP contribution in [0.4, 0.5) is 0 Å². The summed E-state index contributed by atoms with van der Waals surface area (Å²) in [5.74, 6) is 4.42. The second-order valence-corrected chi connectivity index (χ2v) is 9.07. The van der Waals surface area contributed by atoms with Gasteiger partial charge in [-0.2, -0.15) is 0 Å². The van der Waals surface area contributed by atoms with E-state index >= 15 is 0 Å². The highest BCUT2D eigenvalue weighted by Crippen LogP contribution is 2.60. The maximum absolute atomic E-state index is 13.0. The maximum atomic E-state index is 13.0. The summed E-state index contributed by atoms with van der Waals surface area (Å²) in [5, 5.41) is 5.23. The van der Waals surface area contributed by atoms with Gasteiger partial charge in [0.1, 0.15) is 11.5 Å². The van der Waals surface area contributed by atoms with Crippen molar-refractivity contribution in [2.75, 3.05) is 0 Å². The lowest BCUT2D eigenvalue weighted by Crippen LogP contribution is -2.53. The molecule has 0 radical (unpaired) electrons. The molecule has 126 valence electrons. The van der Waals surface area contributed by atoms with Crippen LogP contribution in [-0.4, -0.2) is 5.91 Å². The van der Waals surface area contributed by atoms with Crippen LogP contribution in [0.2, 0.25) is 0 Å². The van der Waals surface area contributed by atoms with Gasteiger partial charge in [0.15, 0.2) is 0 Å². The predicted octanol–water partition coefficient (Wildman–Crippen LogP) is 4.84. The average Bonchev–Trinajstić information content (AvgIpc) is 3.22. The minimum absolute atomic E-state index is 0.0715. The molecule has 2 heterocycles. The molecule has 2 aromatic rings. The van der Waals surface area contributed by atoms with E-state index < -0.39 is 0 Å². The molecule has 24 heavy (non-hydrogen) atoms. The molecular weight excluding hydrogens is 318 g/mol. The summed E-state index contributed by atoms with van der Waals surface area (Å²) >= 11 is 1.67. The van der Waals surface area contributed by atoms with Crippen molar-refractivity contribution in [3.05, 3.63) is 35.4 Å². The van der Waals surface area contributed by atoms with Crippen LogP contribution in [0.15, 0.2) is 34.1 Å². The fourth-order valence-corrected chi connectivity index (χ4v) is 6.45. The molecular formula is C20H23NO2S. The Morgan fingerprint density at radius 2 is 1.83 bits per heavy atom. The third-order valence-corrected chi connectivity index (χ3v) is 7.25. The number of hydrogen-bond acceptors (Lipinski definition) is 3. The molecule has 3 nitrogen and oxygen atoms in total. The van der Waals surface area contributed by atoms with Gasteiger partial charge >= 0.3 is 0 Å². The largest absolute Gasteiger partial charge is 0.458 e. The Morgan fingerprint density at radius 1 is 1.12 bits per heavy atom. The van der Waals surface area contributed by atoms with E-state index in [1.165, 1.54) is 19.3 Å². The zero-order chi connectivity index (χ0) is 16.1. The predicted molar refractivity (Wildman–Crippen MR) is 94.5 cm³/mol. The fourth-order valence-electron chi connectivity index (χ4n) is 5.77. The molecule has 1 amide bonds. The molecule has 2 aromatic heterocycles. The van der Waals surface area contributed by atoms with E-state index in [0.717, 1.165) is 53.4 Å². The van der Waals surface area contributed by atoms with Gasteiger partial charge < -0.3 is 9.73 Å². The average molecular weight is 341 g/mol. The highest BCUT2D eigenvalue weighted by molar-refractivity contribution is 7.13. The van der Waals surface area contributed by atoms with Crippen molar-refractivity contribution >= 4 is 17.2 Å². The number of nitrogens with one attached hydrogen (secondary N) is 1. The Hall–Kier alpha value is -1.55. The first kappa shape index (κ1) is 14.8. The van der Waals surface area contributed by atoms with Gasteiger partial charge in [-0.05, 0) is 79.9 Å². The van der Waals surface area contributed by atoms with Crippen molar-refractivity contribution in [1.29, 1.82) is 0 Å². The molecule has 0 aromatic carbocycles. The summed E-state index contributed by atoms with van der Waals surface area (Å²) in [7, 11) is 0. The second kappa shape index (κ2) is 5.48. The minimum atomic E-state index is -0.0715. The van der Waals surface area contributed by atoms with Gasteiger partial charge in [0.05, 0.1) is 11.4 Å². The summed E-state index contributed by atoms with van der Waals surface area (Å²) in [4.78, 5) is 14.1. The van der Waals surface area contributed by atoms with Crippen molar-refractivity contribution in [2.24, 2.45) is 23.2 Å². The molecule has 4 saturated carbocycles. The smallest absolute Gasteiger partial charge is 0.226 e. The quantitative estimate of drug-likeness (QED) is 0.864. The van der Waals surface area contributed by atoms with Crippen LogP contribution >= 0.6 is 11.3 Å². The second-order valence-electron chi connectivity index (χ2n) is 8.12. The van der Waals surface area contributed by atoms with Crippen LogP contribution in [0.3, 0.4) is 0 Å². The molecule has 0 aliphatic heterocycles. The molecule has 4 heteroatoms. The number of furan rings is 1. The number of amides is 1. The first-order valence-electron chi connectivity index (χ1n) is 9.11. The fraction of sp³-hybridized carbons (Fsp3) is 0.550. The standard InChI is InChI=1S/C20H23NO2S/c22-19(20-9-13-6-14(10-20)8-15(7-13)11-20)21-12-16-3-4-17(23-16)18-2-1-5-24-18/h1-5,13-15H,6-12H2,(H,21,22). The Kier molecular flexibility index (Phi) is 3.37. The number of hydrogen-bond donors (Lipinski definition) is 1. The van der Waals surface area contributed by atoms with Crippen LogP contribution in [0.5, 0.6) is 0 Å². The van der Waals surface area contributed by atoms with E-state index in [4.69, 9.17) is 4.42 Å². The Morgan fingerprint density at radius 3 is 2.46 bits per heavy atom. The lowest BCUT2D eigenvalue weighted by atomic mass is 9.49. The maximum Gasteiger partial charge on any atom is 0.226 e. The topological polar surface area (TPSA) is 42.2 Å². The van der Waals surface area contributed by atoms with E-state index in [1.54, 1.807) is 11.3 Å². The first-order valence-corrected chi connectivity index (χ1v) is 9.99. The SMILES string of the molecule is O=C(NCc1ccc(-c2cccs2)o1)C12CC3CC(CC(C3)C1)C2. The Balaban J connectivity index is 1.26. The lowest BCUT2D eigenvalue weighted by molar-refractivity contribution is -0.146. The van der Waals surface area contributed by atoms with Gasteiger partial charge in [-0.25, -0.2) is 0 Å². The third-order valence-electron chi connectivity index (χ3n) is 6.37. The zero-order valence-electron chi connectivity index (χ0n) is 13.8. The van der Waals surface area contributed by atoms with Gasteiger partial charge in [-0.3, -0.25) is 4.79 Å². The summed E-state index contributed by atoms with van der Waals surface area (Å²) in [6.45, 7) is 0.506. The lowest BCUT2D eigenvalue weighted by Gasteiger charge is -2.55. The van der Waals surface area contributed by atoms with E-state index in [9.17, 15) is 4.79 Å². The molecule has 6 rings (SSSR count). The Labute approximate surface area is 146 Å². The molecule has 4 fully saturated rings. The molecule has 1 N–H and O–H groups in total. The summed E-state index contributed by atoms with van der Waals surface area (Å²) in [6.07, 6.45) is 7.45. The number of carbonyl (C=O) groups is 1. The normalized spacial score (nSPS) is 33.8. The van der Waals surface area contributed by atoms with Gasteiger partial charge in [0, 0.05) is 5.41 Å². The van der Waals surface area contributed by atoms with Crippen LogP contribution in [0, 0.1) is 23.2 Å². The van der Waals surface area contributed by atoms with Crippen molar-refractivity contribution < 1.29 is 9.21 Å². The molecule has 4 aliphatic carbocycles. The summed E-state index contributed by atoms with van der Waals surface area (Å²) < 4.78 is 5.89. The highest BCUT2D eigenvalue weighted by Gasteiger charge is 2.54. The van der Waals surface area contributed by atoms with Crippen LogP contribution in [0.1, 0.15) is 44.3 Å². The molecule has 0 saturated heterocycles. The van der Waals surface area contributed by atoms with E-state index in [-0.39, 0.29) is 11.3 Å². The monoisotopic (exact) mass is 341 g/mol. The zero-order valence-corrected chi connectivity index (χ0v) is 14.6. The number of thiophene rings is 1. The van der Waals surface area contributed by atoms with Crippen LogP contribution in [-0.2, 0) is 11.3 Å². The summed E-state index contributed by atoms with van der Waals surface area (Å²) in [5.41, 5.74) is -0.0715. The number of carbonyl (C=O) groups excluding carboxylic acids is 1. The van der Waals surface area contributed by atoms with Crippen molar-refractivity contribution in [3.63, 3.8) is 0 Å². The summed E-state index contributed by atoms with van der Waals surface area (Å²) in [6, 6.07) is 8.06. The van der Waals surface area contributed by atoms with Gasteiger partial charge in [-0.1, -0.05) is 6.07 Å². The molecule has 0 spiro atoms. The van der Waals surface area contributed by atoms with Gasteiger partial charge in [0.25, 0.3) is 0 Å². The van der Waals surface area contributed by atoms with Crippen molar-refractivity contribution in [3.8, 4) is 10.6 Å². The molecule has 4 aliphatic rings. The first-order chi connectivity index (χ1) is 11.7. The van der Waals surface area contributed by atoms with Crippen molar-refractivity contribution in [2.45, 2.75) is 45.1 Å². The van der Waals surface area contributed by atoms with Gasteiger partial charge in [-0.15, -0.1) is 11.3 Å². The van der Waals surface area contributed by atoms with Gasteiger partial charge in [0.2, 0.25) is 5.91 Å². The van der Waals surface area contributed by atoms with E-state index in [1.807, 2.05) is 23.6 Å². The molecule has 0 unspecified atom stereocenters. The van der Waals surface area contributed by atoms with Crippen molar-refractivity contribution in [1.82, 2.24) is 5.32 Å². The highest BCUT2D eigenvalue weighted by atomic mass is 32.1. The molecule has 0 atom stereocenters. The Bertz CT molecular complexity index is 710.